The predicted octanol–water partition coefficient (Wildman–Crippen LogP) is 4.61. The topological polar surface area (TPSA) is 70.8 Å². The standard InChI is InChI=1S/C20H14F3N3O2/c1-28-17-5-4-12(20(21,22)23)9-14(17)16-7-11(8-18(27)26-16)15-10-25-19-13(15)3-2-6-24-19/h2-10H,1H3,(H,24,25)(H,26,27). The lowest BCUT2D eigenvalue weighted by molar-refractivity contribution is -0.137. The van der Waals surface area contributed by atoms with Crippen LogP contribution in [0.4, 0.5) is 13.2 Å². The van der Waals surface area contributed by atoms with E-state index in [4.69, 9.17) is 4.74 Å². The molecule has 3 aromatic heterocycles. The number of pyridine rings is 2. The highest BCUT2D eigenvalue weighted by atomic mass is 19.4. The molecule has 0 saturated carbocycles. The second kappa shape index (κ2) is 6.56. The number of rotatable bonds is 3. The van der Waals surface area contributed by atoms with E-state index in [0.717, 1.165) is 23.1 Å². The van der Waals surface area contributed by atoms with Crippen LogP contribution in [0, 0.1) is 0 Å². The highest BCUT2D eigenvalue weighted by Crippen LogP contribution is 2.37. The van der Waals surface area contributed by atoms with Crippen LogP contribution in [0.2, 0.25) is 0 Å². The van der Waals surface area contributed by atoms with Crippen molar-refractivity contribution in [2.45, 2.75) is 6.18 Å². The molecular weight excluding hydrogens is 371 g/mol. The van der Waals surface area contributed by atoms with Crippen LogP contribution in [0.5, 0.6) is 5.75 Å². The van der Waals surface area contributed by atoms with Gasteiger partial charge in [-0.3, -0.25) is 4.79 Å². The Morgan fingerprint density at radius 2 is 1.89 bits per heavy atom. The number of hydrogen-bond acceptors (Lipinski definition) is 3. The molecule has 0 saturated heterocycles. The third kappa shape index (κ3) is 3.13. The summed E-state index contributed by atoms with van der Waals surface area (Å²) in [5, 5.41) is 0.801. The number of benzene rings is 1. The summed E-state index contributed by atoms with van der Waals surface area (Å²) >= 11 is 0. The Bertz CT molecular complexity index is 1230. The van der Waals surface area contributed by atoms with Crippen LogP contribution < -0.4 is 10.3 Å². The van der Waals surface area contributed by atoms with E-state index < -0.39 is 17.3 Å². The van der Waals surface area contributed by atoms with E-state index in [-0.39, 0.29) is 17.0 Å². The van der Waals surface area contributed by atoms with Gasteiger partial charge in [-0.25, -0.2) is 4.98 Å². The van der Waals surface area contributed by atoms with Gasteiger partial charge in [-0.05, 0) is 42.0 Å². The zero-order valence-corrected chi connectivity index (χ0v) is 14.6. The first-order valence-corrected chi connectivity index (χ1v) is 8.29. The number of methoxy groups -OCH3 is 1. The first-order chi connectivity index (χ1) is 13.4. The van der Waals surface area contributed by atoms with Crippen molar-refractivity contribution in [3.05, 3.63) is 70.8 Å². The van der Waals surface area contributed by atoms with Crippen molar-refractivity contribution in [3.63, 3.8) is 0 Å². The van der Waals surface area contributed by atoms with E-state index in [1.165, 1.54) is 19.2 Å². The van der Waals surface area contributed by atoms with E-state index in [0.29, 0.717) is 11.2 Å². The lowest BCUT2D eigenvalue weighted by Gasteiger charge is -2.13. The summed E-state index contributed by atoms with van der Waals surface area (Å²) in [6.07, 6.45) is -1.17. The number of fused-ring (bicyclic) bond motifs is 1. The summed E-state index contributed by atoms with van der Waals surface area (Å²) in [6.45, 7) is 0. The van der Waals surface area contributed by atoms with Crippen molar-refractivity contribution in [2.24, 2.45) is 0 Å². The van der Waals surface area contributed by atoms with Crippen LogP contribution in [0.15, 0.2) is 59.7 Å². The summed E-state index contributed by atoms with van der Waals surface area (Å²) < 4.78 is 44.7. The molecule has 0 amide bonds. The van der Waals surface area contributed by atoms with Crippen molar-refractivity contribution in [3.8, 4) is 28.1 Å². The number of ether oxygens (including phenoxy) is 1. The van der Waals surface area contributed by atoms with Gasteiger partial charge in [0, 0.05) is 35.0 Å². The summed E-state index contributed by atoms with van der Waals surface area (Å²) in [4.78, 5) is 22.1. The Labute approximate surface area is 156 Å². The number of aromatic amines is 2. The Balaban J connectivity index is 1.92. The molecular formula is C20H14F3N3O2. The Morgan fingerprint density at radius 1 is 1.07 bits per heavy atom. The van der Waals surface area contributed by atoms with E-state index in [9.17, 15) is 18.0 Å². The lowest BCUT2D eigenvalue weighted by Crippen LogP contribution is -2.08. The summed E-state index contributed by atoms with van der Waals surface area (Å²) in [5.74, 6) is 0.224. The van der Waals surface area contributed by atoms with Crippen molar-refractivity contribution in [2.75, 3.05) is 7.11 Å². The Hall–Kier alpha value is -3.55. The van der Waals surface area contributed by atoms with E-state index in [2.05, 4.69) is 15.0 Å². The molecule has 0 aliphatic rings. The minimum absolute atomic E-state index is 0.147. The van der Waals surface area contributed by atoms with Gasteiger partial charge in [0.25, 0.3) is 0 Å². The van der Waals surface area contributed by atoms with Crippen LogP contribution in [-0.2, 0) is 6.18 Å². The maximum Gasteiger partial charge on any atom is 0.416 e. The van der Waals surface area contributed by atoms with Gasteiger partial charge in [0.15, 0.2) is 0 Å². The monoisotopic (exact) mass is 385 g/mol. The molecule has 0 atom stereocenters. The fourth-order valence-electron chi connectivity index (χ4n) is 3.13. The molecule has 8 heteroatoms. The molecule has 4 rings (SSSR count). The van der Waals surface area contributed by atoms with E-state index >= 15 is 0 Å². The van der Waals surface area contributed by atoms with Gasteiger partial charge in [0.1, 0.15) is 11.4 Å². The van der Waals surface area contributed by atoms with Gasteiger partial charge in [-0.1, -0.05) is 0 Å². The van der Waals surface area contributed by atoms with Crippen molar-refractivity contribution in [1.29, 1.82) is 0 Å². The maximum absolute atomic E-state index is 13.2. The third-order valence-corrected chi connectivity index (χ3v) is 4.42. The van der Waals surface area contributed by atoms with Gasteiger partial charge in [-0.2, -0.15) is 13.2 Å². The molecule has 0 fully saturated rings. The Kier molecular flexibility index (Phi) is 4.18. The lowest BCUT2D eigenvalue weighted by atomic mass is 10.0. The van der Waals surface area contributed by atoms with Crippen molar-refractivity contribution >= 4 is 11.0 Å². The number of halogens is 3. The maximum atomic E-state index is 13.2. The summed E-state index contributed by atoms with van der Waals surface area (Å²) in [6, 6.07) is 9.76. The number of alkyl halides is 3. The minimum atomic E-state index is -4.51. The fourth-order valence-corrected chi connectivity index (χ4v) is 3.13. The summed E-state index contributed by atoms with van der Waals surface area (Å²) in [7, 11) is 1.36. The second-order valence-corrected chi connectivity index (χ2v) is 6.16. The molecule has 5 nitrogen and oxygen atoms in total. The normalized spacial score (nSPS) is 11.7. The van der Waals surface area contributed by atoms with Crippen LogP contribution >= 0.6 is 0 Å². The first kappa shape index (κ1) is 17.8. The smallest absolute Gasteiger partial charge is 0.416 e. The van der Waals surface area contributed by atoms with Gasteiger partial charge in [-0.15, -0.1) is 0 Å². The first-order valence-electron chi connectivity index (χ1n) is 8.29. The van der Waals surface area contributed by atoms with E-state index in [1.807, 2.05) is 6.07 Å². The van der Waals surface area contributed by atoms with Crippen LogP contribution in [-0.4, -0.2) is 22.1 Å². The predicted molar refractivity (Wildman–Crippen MR) is 99.1 cm³/mol. The number of nitrogens with one attached hydrogen (secondary N) is 2. The average Bonchev–Trinajstić information content (AvgIpc) is 3.10. The van der Waals surface area contributed by atoms with Crippen molar-refractivity contribution < 1.29 is 17.9 Å². The second-order valence-electron chi connectivity index (χ2n) is 6.16. The van der Waals surface area contributed by atoms with Crippen LogP contribution in [0.3, 0.4) is 0 Å². The molecule has 0 unspecified atom stereocenters. The number of hydrogen-bond donors (Lipinski definition) is 2. The van der Waals surface area contributed by atoms with Gasteiger partial charge < -0.3 is 14.7 Å². The highest BCUT2D eigenvalue weighted by Gasteiger charge is 2.31. The average molecular weight is 385 g/mol. The molecule has 0 aliphatic heterocycles. The molecule has 142 valence electrons. The number of nitrogens with zero attached hydrogens (tertiary/aromatic N) is 1. The Morgan fingerprint density at radius 3 is 2.64 bits per heavy atom. The SMILES string of the molecule is COc1ccc(C(F)(F)F)cc1-c1cc(-c2c[nH]c3ncccc23)cc(=O)[nH]1. The molecule has 0 radical (unpaired) electrons. The molecule has 0 spiro atoms. The minimum Gasteiger partial charge on any atom is -0.496 e. The molecule has 3 heterocycles. The molecule has 4 aromatic rings. The highest BCUT2D eigenvalue weighted by molar-refractivity contribution is 5.94. The van der Waals surface area contributed by atoms with Gasteiger partial charge >= 0.3 is 6.18 Å². The van der Waals surface area contributed by atoms with Crippen LogP contribution in [0.1, 0.15) is 5.56 Å². The number of H-pyrrole nitrogens is 2. The van der Waals surface area contributed by atoms with Gasteiger partial charge in [0.05, 0.1) is 18.4 Å². The summed E-state index contributed by atoms with van der Waals surface area (Å²) in [5.41, 5.74) is 1.03. The zero-order chi connectivity index (χ0) is 19.9. The van der Waals surface area contributed by atoms with Gasteiger partial charge in [0.2, 0.25) is 5.56 Å². The van der Waals surface area contributed by atoms with E-state index in [1.54, 1.807) is 24.5 Å². The molecule has 0 bridgehead atoms. The quantitative estimate of drug-likeness (QED) is 0.541. The molecule has 2 N–H and O–H groups in total. The number of aromatic nitrogens is 3. The zero-order valence-electron chi connectivity index (χ0n) is 14.6. The molecule has 28 heavy (non-hydrogen) atoms. The molecule has 0 aliphatic carbocycles. The van der Waals surface area contributed by atoms with Crippen molar-refractivity contribution in [1.82, 2.24) is 15.0 Å². The largest absolute Gasteiger partial charge is 0.496 e. The fraction of sp³-hybridized carbons (Fsp3) is 0.100. The van der Waals surface area contributed by atoms with Crippen LogP contribution in [0.25, 0.3) is 33.4 Å². The molecule has 1 aromatic carbocycles. The third-order valence-electron chi connectivity index (χ3n) is 4.42.